The molecule has 6 heteroatoms. The van der Waals surface area contributed by atoms with Gasteiger partial charge in [-0.15, -0.1) is 0 Å². The van der Waals surface area contributed by atoms with Crippen molar-refractivity contribution in [3.63, 3.8) is 0 Å². The lowest BCUT2D eigenvalue weighted by atomic mass is 10.1. The number of carbonyl (C=O) groups excluding carboxylic acids is 2. The summed E-state index contributed by atoms with van der Waals surface area (Å²) in [4.78, 5) is 22.1. The molecule has 0 amide bonds. The van der Waals surface area contributed by atoms with Crippen LogP contribution in [0.3, 0.4) is 0 Å². The van der Waals surface area contributed by atoms with Gasteiger partial charge < -0.3 is 18.9 Å². The third-order valence-electron chi connectivity index (χ3n) is 3.10. The molecule has 116 valence electrons. The highest BCUT2D eigenvalue weighted by molar-refractivity contribution is 5.66. The summed E-state index contributed by atoms with van der Waals surface area (Å²) in [6.07, 6.45) is 0.361. The Morgan fingerprint density at radius 3 is 2.40 bits per heavy atom. The lowest BCUT2D eigenvalue weighted by Crippen LogP contribution is -2.40. The Morgan fingerprint density at radius 2 is 1.85 bits per heavy atom. The van der Waals surface area contributed by atoms with Crippen LogP contribution in [-0.4, -0.2) is 49.6 Å². The van der Waals surface area contributed by atoms with E-state index < -0.39 is 18.3 Å². The van der Waals surface area contributed by atoms with Gasteiger partial charge in [-0.2, -0.15) is 0 Å². The monoisotopic (exact) mass is 288 g/mol. The summed E-state index contributed by atoms with van der Waals surface area (Å²) in [5, 5.41) is 0. The van der Waals surface area contributed by atoms with Gasteiger partial charge in [-0.3, -0.25) is 9.59 Å². The lowest BCUT2D eigenvalue weighted by Gasteiger charge is -2.23. The number of rotatable bonds is 7. The van der Waals surface area contributed by atoms with Crippen molar-refractivity contribution in [2.45, 2.75) is 65.0 Å². The molecule has 6 nitrogen and oxygen atoms in total. The maximum atomic E-state index is 11.2. The van der Waals surface area contributed by atoms with Crippen molar-refractivity contribution in [1.29, 1.82) is 0 Å². The minimum absolute atomic E-state index is 0.105. The maximum absolute atomic E-state index is 11.2. The van der Waals surface area contributed by atoms with Crippen LogP contribution in [0.25, 0.3) is 0 Å². The van der Waals surface area contributed by atoms with Crippen LogP contribution in [0, 0.1) is 0 Å². The first-order valence-electron chi connectivity index (χ1n) is 7.03. The molecule has 0 aromatic carbocycles. The van der Waals surface area contributed by atoms with Crippen LogP contribution in [0.15, 0.2) is 0 Å². The Labute approximate surface area is 119 Å². The minimum atomic E-state index is -0.468. The fourth-order valence-electron chi connectivity index (χ4n) is 2.16. The normalized spacial score (nSPS) is 29.2. The zero-order valence-electron chi connectivity index (χ0n) is 12.6. The zero-order chi connectivity index (χ0) is 15.1. The highest BCUT2D eigenvalue weighted by atomic mass is 16.6. The Hall–Kier alpha value is -1.14. The SMILES string of the molecule is CCCCO[C@@H]1[C@@H](OC(C)=O)[C@H](C)O[C@@H]1COC(C)=O. The average molecular weight is 288 g/mol. The highest BCUT2D eigenvalue weighted by Gasteiger charge is 2.45. The van der Waals surface area contributed by atoms with Gasteiger partial charge in [-0.25, -0.2) is 0 Å². The molecule has 0 N–H and O–H groups in total. The number of hydrogen-bond acceptors (Lipinski definition) is 6. The predicted molar refractivity (Wildman–Crippen MR) is 71.2 cm³/mol. The Balaban J connectivity index is 2.65. The molecule has 4 atom stereocenters. The Morgan fingerprint density at radius 1 is 1.15 bits per heavy atom. The summed E-state index contributed by atoms with van der Waals surface area (Å²) in [6, 6.07) is 0. The van der Waals surface area contributed by atoms with Crippen molar-refractivity contribution in [3.8, 4) is 0 Å². The Bertz CT molecular complexity index is 330. The van der Waals surface area contributed by atoms with Gasteiger partial charge in [0.1, 0.15) is 18.8 Å². The Kier molecular flexibility index (Phi) is 6.95. The van der Waals surface area contributed by atoms with Crippen molar-refractivity contribution in [3.05, 3.63) is 0 Å². The lowest BCUT2D eigenvalue weighted by molar-refractivity contribution is -0.155. The van der Waals surface area contributed by atoms with Crippen molar-refractivity contribution in [2.75, 3.05) is 13.2 Å². The van der Waals surface area contributed by atoms with Crippen LogP contribution in [-0.2, 0) is 28.5 Å². The molecule has 1 saturated heterocycles. The molecule has 1 fully saturated rings. The van der Waals surface area contributed by atoms with Crippen molar-refractivity contribution in [2.24, 2.45) is 0 Å². The fraction of sp³-hybridized carbons (Fsp3) is 0.857. The molecule has 0 bridgehead atoms. The molecular weight excluding hydrogens is 264 g/mol. The summed E-state index contributed by atoms with van der Waals surface area (Å²) in [7, 11) is 0. The number of hydrogen-bond donors (Lipinski definition) is 0. The zero-order valence-corrected chi connectivity index (χ0v) is 12.6. The molecule has 1 rings (SSSR count). The van der Waals surface area contributed by atoms with E-state index in [0.717, 1.165) is 12.8 Å². The van der Waals surface area contributed by atoms with E-state index in [2.05, 4.69) is 6.92 Å². The smallest absolute Gasteiger partial charge is 0.303 e. The molecule has 1 aliphatic heterocycles. The number of carbonyl (C=O) groups is 2. The van der Waals surface area contributed by atoms with Gasteiger partial charge in [-0.05, 0) is 13.3 Å². The van der Waals surface area contributed by atoms with Crippen molar-refractivity contribution >= 4 is 11.9 Å². The first-order valence-corrected chi connectivity index (χ1v) is 7.03. The molecule has 0 aliphatic carbocycles. The minimum Gasteiger partial charge on any atom is -0.463 e. The standard InChI is InChI=1S/C14H24O6/c1-5-6-7-17-14-12(8-18-10(3)15)19-9(2)13(14)20-11(4)16/h9,12-14H,5-8H2,1-4H3/t9-,12+,13-,14-/m0/s1. The van der Waals surface area contributed by atoms with Crippen LogP contribution >= 0.6 is 0 Å². The summed E-state index contributed by atoms with van der Waals surface area (Å²) in [5.41, 5.74) is 0. The molecule has 0 unspecified atom stereocenters. The second kappa shape index (κ2) is 8.21. The molecule has 0 aromatic heterocycles. The first kappa shape index (κ1) is 16.9. The van der Waals surface area contributed by atoms with E-state index in [0.29, 0.717) is 6.61 Å². The van der Waals surface area contributed by atoms with E-state index in [-0.39, 0.29) is 24.6 Å². The van der Waals surface area contributed by atoms with Gasteiger partial charge in [0.05, 0.1) is 6.10 Å². The van der Waals surface area contributed by atoms with E-state index in [1.807, 2.05) is 6.92 Å². The van der Waals surface area contributed by atoms with E-state index >= 15 is 0 Å². The third-order valence-corrected chi connectivity index (χ3v) is 3.10. The molecule has 1 heterocycles. The molecule has 0 saturated carbocycles. The first-order chi connectivity index (χ1) is 9.45. The largest absolute Gasteiger partial charge is 0.463 e. The second-order valence-corrected chi connectivity index (χ2v) is 4.95. The molecular formula is C14H24O6. The quantitative estimate of drug-likeness (QED) is 0.521. The summed E-state index contributed by atoms with van der Waals surface area (Å²) < 4.78 is 21.7. The van der Waals surface area contributed by atoms with Crippen LogP contribution in [0.2, 0.25) is 0 Å². The number of esters is 2. The van der Waals surface area contributed by atoms with E-state index in [1.54, 1.807) is 0 Å². The van der Waals surface area contributed by atoms with E-state index in [4.69, 9.17) is 18.9 Å². The molecule has 0 spiro atoms. The van der Waals surface area contributed by atoms with Gasteiger partial charge in [-0.1, -0.05) is 13.3 Å². The molecule has 0 aromatic rings. The maximum Gasteiger partial charge on any atom is 0.303 e. The molecule has 20 heavy (non-hydrogen) atoms. The van der Waals surface area contributed by atoms with E-state index in [1.165, 1.54) is 13.8 Å². The number of ether oxygens (including phenoxy) is 4. The fourth-order valence-corrected chi connectivity index (χ4v) is 2.16. The van der Waals surface area contributed by atoms with E-state index in [9.17, 15) is 9.59 Å². The van der Waals surface area contributed by atoms with Gasteiger partial charge >= 0.3 is 11.9 Å². The van der Waals surface area contributed by atoms with Crippen molar-refractivity contribution < 1.29 is 28.5 Å². The number of unbranched alkanes of at least 4 members (excludes halogenated alkanes) is 1. The predicted octanol–water partition coefficient (Wildman–Crippen LogP) is 1.45. The van der Waals surface area contributed by atoms with Crippen LogP contribution in [0.1, 0.15) is 40.5 Å². The topological polar surface area (TPSA) is 71.1 Å². The van der Waals surface area contributed by atoms with Crippen LogP contribution in [0.5, 0.6) is 0 Å². The second-order valence-electron chi connectivity index (χ2n) is 4.95. The molecule has 1 aliphatic rings. The van der Waals surface area contributed by atoms with Gasteiger partial charge in [0.15, 0.2) is 6.10 Å². The van der Waals surface area contributed by atoms with Gasteiger partial charge in [0.2, 0.25) is 0 Å². The summed E-state index contributed by atoms with van der Waals surface area (Å²) in [6.45, 7) is 7.25. The summed E-state index contributed by atoms with van der Waals surface area (Å²) >= 11 is 0. The van der Waals surface area contributed by atoms with Crippen LogP contribution in [0.4, 0.5) is 0 Å². The third kappa shape index (κ3) is 5.09. The van der Waals surface area contributed by atoms with Crippen molar-refractivity contribution in [1.82, 2.24) is 0 Å². The van der Waals surface area contributed by atoms with Gasteiger partial charge in [0, 0.05) is 20.5 Å². The molecule has 0 radical (unpaired) electrons. The summed E-state index contributed by atoms with van der Waals surface area (Å²) in [5.74, 6) is -0.743. The van der Waals surface area contributed by atoms with Crippen LogP contribution < -0.4 is 0 Å². The average Bonchev–Trinajstić information content (AvgIpc) is 2.64. The highest BCUT2D eigenvalue weighted by Crippen LogP contribution is 2.27. The van der Waals surface area contributed by atoms with Gasteiger partial charge in [0.25, 0.3) is 0 Å².